The zero-order chi connectivity index (χ0) is 22.4. The summed E-state index contributed by atoms with van der Waals surface area (Å²) < 4.78 is 40.5. The van der Waals surface area contributed by atoms with Crippen LogP contribution < -0.4 is 4.74 Å². The van der Waals surface area contributed by atoms with Crippen molar-refractivity contribution >= 4 is 5.91 Å². The van der Waals surface area contributed by atoms with E-state index in [1.165, 1.54) is 30.4 Å². The number of hydrogen-bond donors (Lipinski definition) is 0. The Labute approximate surface area is 182 Å². The van der Waals surface area contributed by atoms with E-state index < -0.39 is 6.61 Å². The van der Waals surface area contributed by atoms with Gasteiger partial charge in [-0.25, -0.2) is 0 Å². The molecule has 0 saturated carbocycles. The third-order valence-corrected chi connectivity index (χ3v) is 5.80. The van der Waals surface area contributed by atoms with Gasteiger partial charge in [0.2, 0.25) is 0 Å². The number of carbonyl (C=O) groups is 1. The second-order valence-corrected chi connectivity index (χ2v) is 7.90. The molecule has 0 radical (unpaired) electrons. The lowest BCUT2D eigenvalue weighted by Crippen LogP contribution is -2.51. The van der Waals surface area contributed by atoms with Crippen molar-refractivity contribution in [1.29, 1.82) is 0 Å². The predicted octanol–water partition coefficient (Wildman–Crippen LogP) is 4.91. The highest BCUT2D eigenvalue weighted by molar-refractivity contribution is 5.96. The minimum atomic E-state index is -2.97. The topological polar surface area (TPSA) is 48.0 Å². The number of piperidine rings is 1. The van der Waals surface area contributed by atoms with Crippen molar-refractivity contribution in [3.63, 3.8) is 0 Å². The zero-order valence-electron chi connectivity index (χ0n) is 18.2. The molecule has 2 aliphatic rings. The van der Waals surface area contributed by atoms with Crippen molar-refractivity contribution in [2.45, 2.75) is 51.7 Å². The van der Waals surface area contributed by atoms with Crippen LogP contribution in [0.2, 0.25) is 0 Å². The number of rotatable bonds is 6. The van der Waals surface area contributed by atoms with Gasteiger partial charge in [0, 0.05) is 31.5 Å². The molecule has 1 fully saturated rings. The first-order chi connectivity index (χ1) is 14.9. The van der Waals surface area contributed by atoms with E-state index in [4.69, 9.17) is 9.47 Å². The molecular formula is C24H29F2NO4. The van der Waals surface area contributed by atoms with Crippen LogP contribution >= 0.6 is 0 Å². The molecule has 0 aliphatic carbocycles. The largest absolute Gasteiger partial charge is 0.501 e. The maximum absolute atomic E-state index is 13.0. The summed E-state index contributed by atoms with van der Waals surface area (Å²) in [4.78, 5) is 14.7. The number of hydrogen-bond acceptors (Lipinski definition) is 4. The molecule has 1 amide bonds. The molecule has 1 spiro atoms. The van der Waals surface area contributed by atoms with Gasteiger partial charge in [0.15, 0.2) is 5.76 Å². The van der Waals surface area contributed by atoms with Crippen molar-refractivity contribution in [3.05, 3.63) is 65.1 Å². The molecule has 168 valence electrons. The highest BCUT2D eigenvalue weighted by atomic mass is 19.3. The van der Waals surface area contributed by atoms with Gasteiger partial charge in [0.05, 0.1) is 7.11 Å². The third kappa shape index (κ3) is 5.66. The molecule has 0 atom stereocenters. The van der Waals surface area contributed by atoms with E-state index in [1.807, 2.05) is 6.07 Å². The summed E-state index contributed by atoms with van der Waals surface area (Å²) in [5.41, 5.74) is 2.65. The van der Waals surface area contributed by atoms with Crippen LogP contribution in [-0.4, -0.2) is 43.2 Å². The van der Waals surface area contributed by atoms with Crippen molar-refractivity contribution in [2.75, 3.05) is 20.2 Å². The Morgan fingerprint density at radius 1 is 1.23 bits per heavy atom. The molecule has 7 heteroatoms. The molecule has 0 bridgehead atoms. The van der Waals surface area contributed by atoms with Crippen molar-refractivity contribution in [3.8, 4) is 5.75 Å². The maximum Gasteiger partial charge on any atom is 0.387 e. The minimum Gasteiger partial charge on any atom is -0.501 e. The number of carbonyl (C=O) groups excluding carboxylic acids is 1. The van der Waals surface area contributed by atoms with Crippen molar-refractivity contribution in [1.82, 2.24) is 4.90 Å². The Bertz CT molecular complexity index is 884. The fourth-order valence-corrected chi connectivity index (χ4v) is 4.09. The molecule has 0 unspecified atom stereocenters. The van der Waals surface area contributed by atoms with Gasteiger partial charge in [-0.05, 0) is 50.5 Å². The van der Waals surface area contributed by atoms with Crippen molar-refractivity contribution < 1.29 is 27.8 Å². The molecule has 1 saturated heterocycles. The lowest BCUT2D eigenvalue weighted by Gasteiger charge is -2.44. The second-order valence-electron chi connectivity index (χ2n) is 7.90. The molecule has 0 N–H and O–H groups in total. The predicted molar refractivity (Wildman–Crippen MR) is 114 cm³/mol. The van der Waals surface area contributed by atoms with Gasteiger partial charge in [0.25, 0.3) is 5.91 Å². The third-order valence-electron chi connectivity index (χ3n) is 5.80. The van der Waals surface area contributed by atoms with Crippen molar-refractivity contribution in [2.24, 2.45) is 0 Å². The molecule has 2 aliphatic heterocycles. The van der Waals surface area contributed by atoms with E-state index in [9.17, 15) is 13.6 Å². The molecule has 1 aromatic rings. The van der Waals surface area contributed by atoms with Gasteiger partial charge in [-0.15, -0.1) is 0 Å². The smallest absolute Gasteiger partial charge is 0.387 e. The number of halogens is 2. The monoisotopic (exact) mass is 433 g/mol. The van der Waals surface area contributed by atoms with Crippen LogP contribution in [0.1, 0.15) is 37.3 Å². The second kappa shape index (κ2) is 9.98. The number of benzene rings is 1. The summed E-state index contributed by atoms with van der Waals surface area (Å²) >= 11 is 0. The number of fused-ring (bicyclic) bond motifs is 1. The van der Waals surface area contributed by atoms with Crippen LogP contribution in [0.3, 0.4) is 0 Å². The number of alkyl halides is 2. The summed E-state index contributed by atoms with van der Waals surface area (Å²) in [6, 6.07) is 6.28. The number of aryl methyl sites for hydroxylation is 2. The molecule has 3 rings (SSSR count). The van der Waals surface area contributed by atoms with Gasteiger partial charge in [-0.3, -0.25) is 4.79 Å². The number of nitrogens with zero attached hydrogens (tertiary/aromatic N) is 1. The average molecular weight is 433 g/mol. The van der Waals surface area contributed by atoms with E-state index in [-0.39, 0.29) is 17.3 Å². The van der Waals surface area contributed by atoms with Gasteiger partial charge in [-0.1, -0.05) is 23.8 Å². The van der Waals surface area contributed by atoms with E-state index in [2.05, 4.69) is 23.8 Å². The number of allylic oxidation sites excluding steroid dienone is 2. The minimum absolute atomic E-state index is 0.144. The first-order valence-electron chi connectivity index (χ1n) is 10.5. The lowest BCUT2D eigenvalue weighted by molar-refractivity contribution is -0.130. The number of ether oxygens (including phenoxy) is 3. The number of amides is 1. The van der Waals surface area contributed by atoms with Crippen LogP contribution in [0.25, 0.3) is 0 Å². The maximum atomic E-state index is 13.0. The van der Waals surface area contributed by atoms with Crippen LogP contribution in [-0.2, 0) is 20.7 Å². The molecule has 1 aromatic carbocycles. The van der Waals surface area contributed by atoms with Gasteiger partial charge in [-0.2, -0.15) is 8.78 Å². The Kier molecular flexibility index (Phi) is 7.36. The summed E-state index contributed by atoms with van der Waals surface area (Å²) in [5.74, 6) is 0.645. The van der Waals surface area contributed by atoms with Crippen LogP contribution in [0.4, 0.5) is 8.78 Å². The number of methoxy groups -OCH3 is 1. The van der Waals surface area contributed by atoms with Gasteiger partial charge in [0.1, 0.15) is 17.6 Å². The fraction of sp³-hybridized carbons (Fsp3) is 0.458. The lowest BCUT2D eigenvalue weighted by atomic mass is 9.82. The number of likely N-dealkylation sites (tertiary alicyclic amines) is 1. The molecule has 2 heterocycles. The normalized spacial score (nSPS) is 18.8. The molecule has 31 heavy (non-hydrogen) atoms. The zero-order valence-corrected chi connectivity index (χ0v) is 18.2. The average Bonchev–Trinajstić information content (AvgIpc) is 2.74. The Morgan fingerprint density at radius 3 is 2.61 bits per heavy atom. The SMILES string of the molecule is C\C=C(/C=C\C(=C\OC)OC(F)F)C(=O)N1CCC2(CCc3cc(C)ccc3O2)CC1. The molecular weight excluding hydrogens is 404 g/mol. The fourth-order valence-electron chi connectivity index (χ4n) is 4.09. The summed E-state index contributed by atoms with van der Waals surface area (Å²) in [7, 11) is 1.33. The van der Waals surface area contributed by atoms with Crippen LogP contribution in [0.15, 0.2) is 54.0 Å². The van der Waals surface area contributed by atoms with E-state index in [0.717, 1.165) is 37.7 Å². The molecule has 5 nitrogen and oxygen atoms in total. The van der Waals surface area contributed by atoms with E-state index in [1.54, 1.807) is 17.9 Å². The first kappa shape index (κ1) is 22.8. The Balaban J connectivity index is 1.62. The quantitative estimate of drug-likeness (QED) is 0.363. The van der Waals surface area contributed by atoms with Crippen LogP contribution in [0.5, 0.6) is 5.75 Å². The molecule has 0 aromatic heterocycles. The van der Waals surface area contributed by atoms with Crippen LogP contribution in [0, 0.1) is 6.92 Å². The van der Waals surface area contributed by atoms with Gasteiger partial charge < -0.3 is 19.1 Å². The Morgan fingerprint density at radius 2 is 1.97 bits per heavy atom. The van der Waals surface area contributed by atoms with E-state index >= 15 is 0 Å². The first-order valence-corrected chi connectivity index (χ1v) is 10.5. The summed E-state index contributed by atoms with van der Waals surface area (Å²) in [5, 5.41) is 0. The Hall–Kier alpha value is -2.83. The van der Waals surface area contributed by atoms with E-state index in [0.29, 0.717) is 18.7 Å². The summed E-state index contributed by atoms with van der Waals surface area (Å²) in [6.07, 6.45) is 8.93. The highest BCUT2D eigenvalue weighted by Crippen LogP contribution is 2.39. The summed E-state index contributed by atoms with van der Waals surface area (Å²) in [6.45, 7) is 2.01. The standard InChI is InChI=1S/C24H29F2NO4/c1-4-18(6-7-20(16-29-3)30-23(25)26)22(28)27-13-11-24(12-14-27)10-9-19-15-17(2)5-8-21(19)31-24/h4-8,15-16,23H,9-14H2,1-3H3/b7-6-,18-4+,20-16-. The van der Waals surface area contributed by atoms with Gasteiger partial charge >= 0.3 is 6.61 Å². The highest BCUT2D eigenvalue weighted by Gasteiger charge is 2.40.